The van der Waals surface area contributed by atoms with E-state index in [-0.39, 0.29) is 5.91 Å². The van der Waals surface area contributed by atoms with Gasteiger partial charge in [-0.1, -0.05) is 26.7 Å². The van der Waals surface area contributed by atoms with E-state index in [1.165, 1.54) is 11.8 Å². The molecule has 5 nitrogen and oxygen atoms in total. The first-order valence-corrected chi connectivity index (χ1v) is 8.52. The molecule has 0 aliphatic carbocycles. The van der Waals surface area contributed by atoms with Crippen LogP contribution in [0.5, 0.6) is 0 Å². The van der Waals surface area contributed by atoms with Gasteiger partial charge in [0.1, 0.15) is 6.04 Å². The van der Waals surface area contributed by atoms with Crippen LogP contribution < -0.4 is 5.73 Å². The summed E-state index contributed by atoms with van der Waals surface area (Å²) in [5.41, 5.74) is 5.42. The highest BCUT2D eigenvalue weighted by Gasteiger charge is 2.14. The molecule has 0 fully saturated rings. The van der Waals surface area contributed by atoms with Crippen molar-refractivity contribution in [3.63, 3.8) is 0 Å². The number of hydrogen-bond acceptors (Lipinski definition) is 4. The van der Waals surface area contributed by atoms with E-state index in [2.05, 4.69) is 13.8 Å². The van der Waals surface area contributed by atoms with E-state index in [1.54, 1.807) is 0 Å². The predicted molar refractivity (Wildman–Crippen MR) is 83.9 cm³/mol. The molecule has 0 aromatic heterocycles. The summed E-state index contributed by atoms with van der Waals surface area (Å²) in [6, 6.07) is -0.825. The molecule has 20 heavy (non-hydrogen) atoms. The Kier molecular flexibility index (Phi) is 11.6. The molecule has 3 N–H and O–H groups in total. The van der Waals surface area contributed by atoms with E-state index in [0.29, 0.717) is 17.9 Å². The van der Waals surface area contributed by atoms with Crippen LogP contribution in [0.2, 0.25) is 0 Å². The third kappa shape index (κ3) is 9.20. The number of carbonyl (C=O) groups is 2. The highest BCUT2D eigenvalue weighted by atomic mass is 32.2. The molecule has 0 aliphatic rings. The quantitative estimate of drug-likeness (QED) is 0.538. The first-order chi connectivity index (χ1) is 9.52. The number of carbonyl (C=O) groups excluding carboxylic acids is 1. The van der Waals surface area contributed by atoms with E-state index >= 15 is 0 Å². The summed E-state index contributed by atoms with van der Waals surface area (Å²) in [6.45, 7) is 5.88. The normalized spacial score (nSPS) is 12.2. The predicted octanol–water partition coefficient (Wildman–Crippen LogP) is 1.95. The molecule has 1 unspecified atom stereocenters. The average Bonchev–Trinajstić information content (AvgIpc) is 2.43. The van der Waals surface area contributed by atoms with Crippen molar-refractivity contribution in [1.82, 2.24) is 4.90 Å². The first-order valence-electron chi connectivity index (χ1n) is 7.36. The number of amides is 1. The van der Waals surface area contributed by atoms with Gasteiger partial charge in [-0.05, 0) is 25.0 Å². The van der Waals surface area contributed by atoms with E-state index in [1.807, 2.05) is 4.90 Å². The number of nitrogens with two attached hydrogens (primary N) is 1. The van der Waals surface area contributed by atoms with E-state index in [4.69, 9.17) is 10.8 Å². The minimum absolute atomic E-state index is 0.154. The molecule has 1 amide bonds. The second-order valence-electron chi connectivity index (χ2n) is 4.87. The van der Waals surface area contributed by atoms with Crippen molar-refractivity contribution >= 4 is 23.6 Å². The molecule has 0 spiro atoms. The largest absolute Gasteiger partial charge is 0.480 e. The third-order valence-electron chi connectivity index (χ3n) is 3.03. The summed E-state index contributed by atoms with van der Waals surface area (Å²) in [4.78, 5) is 24.6. The fourth-order valence-corrected chi connectivity index (χ4v) is 2.57. The number of thioether (sulfide) groups is 1. The Morgan fingerprint density at radius 1 is 1.20 bits per heavy atom. The Balaban J connectivity index is 3.95. The summed E-state index contributed by atoms with van der Waals surface area (Å²) < 4.78 is 0. The van der Waals surface area contributed by atoms with Gasteiger partial charge in [0.25, 0.3) is 0 Å². The number of nitrogens with zero attached hydrogens (tertiary/aromatic N) is 1. The summed E-state index contributed by atoms with van der Waals surface area (Å²) in [6.07, 6.45) is 4.62. The van der Waals surface area contributed by atoms with Crippen molar-refractivity contribution in [1.29, 1.82) is 0 Å². The van der Waals surface area contributed by atoms with E-state index in [9.17, 15) is 9.59 Å². The lowest BCUT2D eigenvalue weighted by Crippen LogP contribution is -2.34. The summed E-state index contributed by atoms with van der Waals surface area (Å²) in [5.74, 6) is 0.194. The van der Waals surface area contributed by atoms with Gasteiger partial charge in [0.05, 0.1) is 5.75 Å². The number of hydrogen-bond donors (Lipinski definition) is 2. The number of carboxylic acids is 1. The maximum atomic E-state index is 12.1. The maximum absolute atomic E-state index is 12.1. The fraction of sp³-hybridized carbons (Fsp3) is 0.857. The summed E-state index contributed by atoms with van der Waals surface area (Å²) in [5, 5.41) is 8.66. The van der Waals surface area contributed by atoms with Crippen molar-refractivity contribution in [2.75, 3.05) is 24.6 Å². The molecule has 0 aromatic carbocycles. The molecule has 0 saturated carbocycles. The third-order valence-corrected chi connectivity index (χ3v) is 4.01. The summed E-state index contributed by atoms with van der Waals surface area (Å²) >= 11 is 1.47. The lowest BCUT2D eigenvalue weighted by molar-refractivity contribution is -0.138. The zero-order valence-electron chi connectivity index (χ0n) is 12.6. The van der Waals surface area contributed by atoms with Crippen molar-refractivity contribution in [3.8, 4) is 0 Å². The molecule has 118 valence electrons. The Labute approximate surface area is 126 Å². The average molecular weight is 304 g/mol. The van der Waals surface area contributed by atoms with Gasteiger partial charge in [0.2, 0.25) is 5.91 Å². The van der Waals surface area contributed by atoms with Crippen LogP contribution in [-0.4, -0.2) is 52.5 Å². The molecule has 6 heteroatoms. The van der Waals surface area contributed by atoms with Gasteiger partial charge in [0.15, 0.2) is 0 Å². The van der Waals surface area contributed by atoms with Crippen molar-refractivity contribution in [3.05, 3.63) is 0 Å². The van der Waals surface area contributed by atoms with Gasteiger partial charge in [-0.25, -0.2) is 0 Å². The number of carboxylic acid groups (broad SMARTS) is 1. The number of unbranched alkanes of at least 4 members (excludes halogenated alkanes) is 2. The number of aliphatic carboxylic acids is 1. The molecule has 0 radical (unpaired) electrons. The van der Waals surface area contributed by atoms with Gasteiger partial charge in [-0.2, -0.15) is 11.8 Å². The SMILES string of the molecule is CCCCN(CCCC)C(=O)CSCCC(N)C(=O)O. The minimum atomic E-state index is -0.982. The molecule has 0 rings (SSSR count). The maximum Gasteiger partial charge on any atom is 0.320 e. The standard InChI is InChI=1S/C14H28N2O3S/c1-3-5-8-16(9-6-4-2)13(17)11-20-10-7-12(15)14(18)19/h12H,3-11,15H2,1-2H3,(H,18,19). The molecule has 0 bridgehead atoms. The molecule has 0 heterocycles. The van der Waals surface area contributed by atoms with Crippen LogP contribution in [0.25, 0.3) is 0 Å². The Bertz CT molecular complexity index is 280. The number of rotatable bonds is 12. The Morgan fingerprint density at radius 3 is 2.20 bits per heavy atom. The highest BCUT2D eigenvalue weighted by Crippen LogP contribution is 2.08. The van der Waals surface area contributed by atoms with Crippen LogP contribution in [0, 0.1) is 0 Å². The lowest BCUT2D eigenvalue weighted by atomic mass is 10.2. The van der Waals surface area contributed by atoms with Gasteiger partial charge in [0, 0.05) is 13.1 Å². The fourth-order valence-electron chi connectivity index (χ4n) is 1.64. The van der Waals surface area contributed by atoms with Crippen LogP contribution in [0.1, 0.15) is 46.0 Å². The lowest BCUT2D eigenvalue weighted by Gasteiger charge is -2.22. The molecule has 0 aliphatic heterocycles. The molecule has 1 atom stereocenters. The second-order valence-corrected chi connectivity index (χ2v) is 5.98. The van der Waals surface area contributed by atoms with Gasteiger partial charge >= 0.3 is 5.97 Å². The van der Waals surface area contributed by atoms with Crippen molar-refractivity contribution in [2.45, 2.75) is 52.0 Å². The van der Waals surface area contributed by atoms with E-state index < -0.39 is 12.0 Å². The van der Waals surface area contributed by atoms with Gasteiger partial charge in [-0.3, -0.25) is 9.59 Å². The van der Waals surface area contributed by atoms with Crippen molar-refractivity contribution in [2.24, 2.45) is 5.73 Å². The topological polar surface area (TPSA) is 83.6 Å². The van der Waals surface area contributed by atoms with E-state index in [0.717, 1.165) is 38.8 Å². The molecular weight excluding hydrogens is 276 g/mol. The second kappa shape index (κ2) is 12.0. The Morgan fingerprint density at radius 2 is 1.75 bits per heavy atom. The molecule has 0 saturated heterocycles. The summed E-state index contributed by atoms with van der Waals surface area (Å²) in [7, 11) is 0. The zero-order valence-corrected chi connectivity index (χ0v) is 13.5. The van der Waals surface area contributed by atoms with Crippen LogP contribution in [0.15, 0.2) is 0 Å². The molecule has 0 aromatic rings. The van der Waals surface area contributed by atoms with Crippen LogP contribution in [-0.2, 0) is 9.59 Å². The smallest absolute Gasteiger partial charge is 0.320 e. The molecular formula is C14H28N2O3S. The van der Waals surface area contributed by atoms with Gasteiger partial charge in [-0.15, -0.1) is 0 Å². The minimum Gasteiger partial charge on any atom is -0.480 e. The van der Waals surface area contributed by atoms with Crippen LogP contribution >= 0.6 is 11.8 Å². The van der Waals surface area contributed by atoms with Crippen molar-refractivity contribution < 1.29 is 14.7 Å². The Hall–Kier alpha value is -0.750. The zero-order chi connectivity index (χ0) is 15.4. The first kappa shape index (κ1) is 19.2. The van der Waals surface area contributed by atoms with Crippen LogP contribution in [0.4, 0.5) is 0 Å². The van der Waals surface area contributed by atoms with Crippen LogP contribution in [0.3, 0.4) is 0 Å². The monoisotopic (exact) mass is 304 g/mol. The highest BCUT2D eigenvalue weighted by molar-refractivity contribution is 7.99. The van der Waals surface area contributed by atoms with Gasteiger partial charge < -0.3 is 15.7 Å².